The highest BCUT2D eigenvalue weighted by Gasteiger charge is 2.32. The van der Waals surface area contributed by atoms with E-state index in [0.717, 1.165) is 18.1 Å². The van der Waals surface area contributed by atoms with Crippen LogP contribution >= 0.6 is 0 Å². The average molecular weight is 250 g/mol. The fourth-order valence-corrected chi connectivity index (χ4v) is 2.88. The first-order valence-electron chi connectivity index (χ1n) is 7.15. The largest absolute Gasteiger partial charge is 0.314 e. The fraction of sp³-hybridized carbons (Fsp3) is 0.857. The zero-order valence-electron chi connectivity index (χ0n) is 12.2. The van der Waals surface area contributed by atoms with Crippen LogP contribution in [-0.2, 0) is 13.5 Å². The van der Waals surface area contributed by atoms with Crippen LogP contribution in [0.3, 0.4) is 0 Å². The lowest BCUT2D eigenvalue weighted by Gasteiger charge is -2.36. The highest BCUT2D eigenvalue weighted by molar-refractivity contribution is 5.04. The highest BCUT2D eigenvalue weighted by atomic mass is 15.3. The molecule has 1 saturated carbocycles. The Balaban J connectivity index is 2.16. The molecule has 1 aliphatic rings. The SMILES string of the molecule is CNC1(Cc2nc(C(C)C)nn2C)CCCCC1. The number of hydrogen-bond acceptors (Lipinski definition) is 3. The van der Waals surface area contributed by atoms with Crippen LogP contribution in [0.25, 0.3) is 0 Å². The highest BCUT2D eigenvalue weighted by Crippen LogP contribution is 2.30. The zero-order valence-corrected chi connectivity index (χ0v) is 12.2. The van der Waals surface area contributed by atoms with Gasteiger partial charge in [-0.1, -0.05) is 33.1 Å². The van der Waals surface area contributed by atoms with Crippen molar-refractivity contribution in [2.24, 2.45) is 7.05 Å². The van der Waals surface area contributed by atoms with Crippen molar-refractivity contribution in [2.75, 3.05) is 7.05 Å². The Kier molecular flexibility index (Phi) is 4.05. The van der Waals surface area contributed by atoms with E-state index in [9.17, 15) is 0 Å². The Bertz CT molecular complexity index is 388. The molecule has 0 radical (unpaired) electrons. The lowest BCUT2D eigenvalue weighted by atomic mass is 9.79. The smallest absolute Gasteiger partial charge is 0.153 e. The quantitative estimate of drug-likeness (QED) is 0.892. The maximum atomic E-state index is 4.71. The third kappa shape index (κ3) is 2.74. The van der Waals surface area contributed by atoms with Gasteiger partial charge in [-0.15, -0.1) is 0 Å². The van der Waals surface area contributed by atoms with Gasteiger partial charge in [0, 0.05) is 24.9 Å². The summed E-state index contributed by atoms with van der Waals surface area (Å²) in [5.74, 6) is 2.49. The molecule has 0 unspecified atom stereocenters. The van der Waals surface area contributed by atoms with E-state index in [-0.39, 0.29) is 5.54 Å². The van der Waals surface area contributed by atoms with Crippen molar-refractivity contribution in [3.63, 3.8) is 0 Å². The second kappa shape index (κ2) is 5.39. The minimum Gasteiger partial charge on any atom is -0.314 e. The normalized spacial score (nSPS) is 19.4. The summed E-state index contributed by atoms with van der Waals surface area (Å²) in [6, 6.07) is 0. The molecule has 0 amide bonds. The molecule has 1 heterocycles. The molecule has 0 saturated heterocycles. The van der Waals surface area contributed by atoms with Gasteiger partial charge in [0.1, 0.15) is 5.82 Å². The van der Waals surface area contributed by atoms with Gasteiger partial charge in [0.05, 0.1) is 0 Å². The summed E-state index contributed by atoms with van der Waals surface area (Å²) >= 11 is 0. The molecule has 2 rings (SSSR count). The summed E-state index contributed by atoms with van der Waals surface area (Å²) in [5, 5.41) is 8.07. The molecule has 102 valence electrons. The Morgan fingerprint density at radius 1 is 1.28 bits per heavy atom. The monoisotopic (exact) mass is 250 g/mol. The zero-order chi connectivity index (χ0) is 13.2. The number of nitrogens with one attached hydrogen (secondary N) is 1. The van der Waals surface area contributed by atoms with Crippen LogP contribution in [0, 0.1) is 0 Å². The van der Waals surface area contributed by atoms with Gasteiger partial charge in [0.25, 0.3) is 0 Å². The van der Waals surface area contributed by atoms with Gasteiger partial charge in [-0.05, 0) is 19.9 Å². The lowest BCUT2D eigenvalue weighted by Crippen LogP contribution is -2.47. The number of aromatic nitrogens is 3. The standard InChI is InChI=1S/C14H26N4/c1-11(2)13-16-12(18(4)17-13)10-14(15-3)8-6-5-7-9-14/h11,15H,5-10H2,1-4H3. The summed E-state index contributed by atoms with van der Waals surface area (Å²) in [6.07, 6.45) is 7.55. The first-order chi connectivity index (χ1) is 8.56. The molecule has 0 bridgehead atoms. The minimum absolute atomic E-state index is 0.243. The number of rotatable bonds is 4. The number of likely N-dealkylation sites (N-methyl/N-ethyl adjacent to an activating group) is 1. The molecule has 0 aliphatic heterocycles. The summed E-state index contributed by atoms with van der Waals surface area (Å²) in [5.41, 5.74) is 0.243. The van der Waals surface area contributed by atoms with Crippen molar-refractivity contribution >= 4 is 0 Å². The average Bonchev–Trinajstić information content (AvgIpc) is 2.72. The van der Waals surface area contributed by atoms with Crippen LogP contribution in [0.1, 0.15) is 63.5 Å². The molecule has 1 N–H and O–H groups in total. The van der Waals surface area contributed by atoms with Crippen LogP contribution in [0.2, 0.25) is 0 Å². The summed E-state index contributed by atoms with van der Waals surface area (Å²) < 4.78 is 1.96. The summed E-state index contributed by atoms with van der Waals surface area (Å²) in [7, 11) is 4.10. The Hall–Kier alpha value is -0.900. The van der Waals surface area contributed by atoms with Gasteiger partial charge in [0.15, 0.2) is 5.82 Å². The van der Waals surface area contributed by atoms with Crippen LogP contribution < -0.4 is 5.32 Å². The predicted octanol–water partition coefficient (Wildman–Crippen LogP) is 2.40. The fourth-order valence-electron chi connectivity index (χ4n) is 2.88. The number of hydrogen-bond donors (Lipinski definition) is 1. The third-order valence-electron chi connectivity index (χ3n) is 4.22. The molecule has 1 aromatic rings. The second-order valence-corrected chi connectivity index (χ2v) is 5.93. The Morgan fingerprint density at radius 3 is 2.44 bits per heavy atom. The van der Waals surface area contributed by atoms with Gasteiger partial charge in [-0.25, -0.2) is 4.98 Å². The molecule has 1 aliphatic carbocycles. The summed E-state index contributed by atoms with van der Waals surface area (Å²) in [4.78, 5) is 4.71. The predicted molar refractivity (Wildman–Crippen MR) is 73.7 cm³/mol. The Labute approximate surface area is 110 Å². The van der Waals surface area contributed by atoms with E-state index in [4.69, 9.17) is 4.98 Å². The van der Waals surface area contributed by atoms with Gasteiger partial charge >= 0.3 is 0 Å². The Morgan fingerprint density at radius 2 is 1.94 bits per heavy atom. The van der Waals surface area contributed by atoms with E-state index < -0.39 is 0 Å². The van der Waals surface area contributed by atoms with E-state index in [0.29, 0.717) is 5.92 Å². The molecule has 1 fully saturated rings. The topological polar surface area (TPSA) is 42.7 Å². The van der Waals surface area contributed by atoms with Crippen LogP contribution in [0.4, 0.5) is 0 Å². The van der Waals surface area contributed by atoms with Crippen molar-refractivity contribution in [3.8, 4) is 0 Å². The van der Waals surface area contributed by atoms with Gasteiger partial charge in [-0.3, -0.25) is 4.68 Å². The molecule has 1 aromatic heterocycles. The molecule has 18 heavy (non-hydrogen) atoms. The van der Waals surface area contributed by atoms with E-state index >= 15 is 0 Å². The van der Waals surface area contributed by atoms with Crippen molar-refractivity contribution in [1.82, 2.24) is 20.1 Å². The molecule has 0 spiro atoms. The van der Waals surface area contributed by atoms with Gasteiger partial charge in [-0.2, -0.15) is 5.10 Å². The first-order valence-corrected chi connectivity index (χ1v) is 7.15. The molecule has 4 heteroatoms. The molecule has 0 atom stereocenters. The lowest BCUT2D eigenvalue weighted by molar-refractivity contribution is 0.239. The first kappa shape index (κ1) is 13.5. The van der Waals surface area contributed by atoms with Crippen molar-refractivity contribution in [1.29, 1.82) is 0 Å². The van der Waals surface area contributed by atoms with Crippen LogP contribution in [0.5, 0.6) is 0 Å². The van der Waals surface area contributed by atoms with Crippen LogP contribution in [-0.4, -0.2) is 27.4 Å². The van der Waals surface area contributed by atoms with Crippen molar-refractivity contribution in [2.45, 2.75) is 63.8 Å². The number of nitrogens with zero attached hydrogens (tertiary/aromatic N) is 3. The van der Waals surface area contributed by atoms with Crippen molar-refractivity contribution in [3.05, 3.63) is 11.6 Å². The molecule has 0 aromatic carbocycles. The molecular weight excluding hydrogens is 224 g/mol. The minimum atomic E-state index is 0.243. The van der Waals surface area contributed by atoms with Gasteiger partial charge < -0.3 is 5.32 Å². The number of aryl methyl sites for hydroxylation is 1. The van der Waals surface area contributed by atoms with Gasteiger partial charge in [0.2, 0.25) is 0 Å². The molecule has 4 nitrogen and oxygen atoms in total. The third-order valence-corrected chi connectivity index (χ3v) is 4.22. The van der Waals surface area contributed by atoms with Crippen LogP contribution in [0.15, 0.2) is 0 Å². The maximum absolute atomic E-state index is 4.71. The summed E-state index contributed by atoms with van der Waals surface area (Å²) in [6.45, 7) is 4.29. The van der Waals surface area contributed by atoms with E-state index in [1.807, 2.05) is 11.7 Å². The molecular formula is C14H26N4. The van der Waals surface area contributed by atoms with E-state index in [2.05, 4.69) is 31.3 Å². The second-order valence-electron chi connectivity index (χ2n) is 5.93. The maximum Gasteiger partial charge on any atom is 0.153 e. The van der Waals surface area contributed by atoms with E-state index in [1.54, 1.807) is 0 Å². The van der Waals surface area contributed by atoms with Crippen molar-refractivity contribution < 1.29 is 0 Å². The van der Waals surface area contributed by atoms with E-state index in [1.165, 1.54) is 32.1 Å².